The van der Waals surface area contributed by atoms with Gasteiger partial charge in [0.05, 0.1) is 0 Å². The van der Waals surface area contributed by atoms with Crippen molar-refractivity contribution in [2.75, 3.05) is 0 Å². The van der Waals surface area contributed by atoms with Gasteiger partial charge in [0.15, 0.2) is 5.78 Å². The Labute approximate surface area is 109 Å². The van der Waals surface area contributed by atoms with Crippen LogP contribution < -0.4 is 0 Å². The van der Waals surface area contributed by atoms with Gasteiger partial charge >= 0.3 is 0 Å². The van der Waals surface area contributed by atoms with E-state index in [1.54, 1.807) is 24.4 Å². The van der Waals surface area contributed by atoms with Crippen LogP contribution >= 0.6 is 11.6 Å². The van der Waals surface area contributed by atoms with E-state index >= 15 is 0 Å². The van der Waals surface area contributed by atoms with Crippen molar-refractivity contribution in [3.05, 3.63) is 64.2 Å². The summed E-state index contributed by atoms with van der Waals surface area (Å²) >= 11 is 5.88. The number of Topliss-reactive ketones (excluding diaryl/α,β-unsaturated/α-hetero) is 1. The molecule has 0 saturated heterocycles. The van der Waals surface area contributed by atoms with Gasteiger partial charge in [0.2, 0.25) is 0 Å². The molecule has 18 heavy (non-hydrogen) atoms. The van der Waals surface area contributed by atoms with Gasteiger partial charge in [-0.05, 0) is 36.8 Å². The molecule has 1 aromatic carbocycles. The molecule has 0 atom stereocenters. The molecule has 0 unspecified atom stereocenters. The summed E-state index contributed by atoms with van der Waals surface area (Å²) in [6.07, 6.45) is 1.48. The molecule has 2 nitrogen and oxygen atoms in total. The third-order valence-electron chi connectivity index (χ3n) is 2.60. The van der Waals surface area contributed by atoms with Gasteiger partial charge in [0.25, 0.3) is 0 Å². The van der Waals surface area contributed by atoms with E-state index in [2.05, 4.69) is 4.98 Å². The van der Waals surface area contributed by atoms with E-state index in [0.717, 1.165) is 5.56 Å². The molecule has 0 N–H and O–H groups in total. The summed E-state index contributed by atoms with van der Waals surface area (Å²) in [6, 6.07) is 7.84. The maximum Gasteiger partial charge on any atom is 0.185 e. The largest absolute Gasteiger partial charge is 0.292 e. The Bertz CT molecular complexity index is 578. The zero-order valence-electron chi connectivity index (χ0n) is 9.78. The molecule has 0 aliphatic rings. The topological polar surface area (TPSA) is 30.0 Å². The van der Waals surface area contributed by atoms with Crippen LogP contribution in [0.3, 0.4) is 0 Å². The van der Waals surface area contributed by atoms with Crippen molar-refractivity contribution in [1.29, 1.82) is 0 Å². The van der Waals surface area contributed by atoms with Crippen LogP contribution in [0.5, 0.6) is 0 Å². The van der Waals surface area contributed by atoms with E-state index < -0.39 is 5.82 Å². The predicted molar refractivity (Wildman–Crippen MR) is 68.4 cm³/mol. The number of rotatable bonds is 3. The van der Waals surface area contributed by atoms with E-state index in [9.17, 15) is 9.18 Å². The average Bonchev–Trinajstić information content (AvgIpc) is 2.34. The van der Waals surface area contributed by atoms with E-state index in [4.69, 9.17) is 11.6 Å². The van der Waals surface area contributed by atoms with Crippen molar-refractivity contribution in [2.45, 2.75) is 13.3 Å². The van der Waals surface area contributed by atoms with Crippen LogP contribution in [0.25, 0.3) is 0 Å². The first kappa shape index (κ1) is 12.7. The van der Waals surface area contributed by atoms with E-state index in [0.29, 0.717) is 5.69 Å². The van der Waals surface area contributed by atoms with Crippen LogP contribution in [-0.4, -0.2) is 10.8 Å². The zero-order chi connectivity index (χ0) is 13.1. The summed E-state index contributed by atoms with van der Waals surface area (Å²) in [6.45, 7) is 1.87. The zero-order valence-corrected chi connectivity index (χ0v) is 10.5. The minimum absolute atomic E-state index is 0.0814. The lowest BCUT2D eigenvalue weighted by molar-refractivity contribution is 0.0987. The third-order valence-corrected chi connectivity index (χ3v) is 2.95. The molecule has 0 spiro atoms. The lowest BCUT2D eigenvalue weighted by atomic mass is 10.1. The molecule has 2 rings (SSSR count). The summed E-state index contributed by atoms with van der Waals surface area (Å²) < 4.78 is 13.5. The summed E-state index contributed by atoms with van der Waals surface area (Å²) in [5, 5.41) is 0.260. The van der Waals surface area contributed by atoms with Crippen molar-refractivity contribution >= 4 is 17.4 Å². The standard InChI is InChI=1S/C14H11ClFNO/c1-9-5-6-17-13(7-9)14(18)8-10-11(15)3-2-4-12(10)16/h2-7H,8H2,1H3. The van der Waals surface area contributed by atoms with Crippen molar-refractivity contribution in [1.82, 2.24) is 4.98 Å². The Balaban J connectivity index is 2.27. The molecule has 0 aliphatic heterocycles. The average molecular weight is 264 g/mol. The molecule has 2 aromatic rings. The van der Waals surface area contributed by atoms with Crippen LogP contribution in [-0.2, 0) is 6.42 Å². The molecular formula is C14H11ClFNO. The number of ketones is 1. The number of hydrogen-bond acceptors (Lipinski definition) is 2. The Kier molecular flexibility index (Phi) is 3.72. The summed E-state index contributed by atoms with van der Waals surface area (Å²) in [7, 11) is 0. The molecule has 0 fully saturated rings. The van der Waals surface area contributed by atoms with E-state index in [1.165, 1.54) is 12.1 Å². The molecular weight excluding hydrogens is 253 g/mol. The van der Waals surface area contributed by atoms with Crippen molar-refractivity contribution in [3.63, 3.8) is 0 Å². The number of aryl methyl sites for hydroxylation is 1. The quantitative estimate of drug-likeness (QED) is 0.792. The Hall–Kier alpha value is -1.74. The number of aromatic nitrogens is 1. The fraction of sp³-hybridized carbons (Fsp3) is 0.143. The Morgan fingerprint density at radius 3 is 2.83 bits per heavy atom. The van der Waals surface area contributed by atoms with Crippen LogP contribution in [0.2, 0.25) is 5.02 Å². The normalized spacial score (nSPS) is 10.4. The molecule has 4 heteroatoms. The number of hydrogen-bond donors (Lipinski definition) is 0. The van der Waals surface area contributed by atoms with Crippen molar-refractivity contribution in [2.24, 2.45) is 0 Å². The van der Waals surface area contributed by atoms with Crippen molar-refractivity contribution < 1.29 is 9.18 Å². The molecule has 0 bridgehead atoms. The lowest BCUT2D eigenvalue weighted by Crippen LogP contribution is -2.08. The number of benzene rings is 1. The second kappa shape index (κ2) is 5.27. The molecule has 0 aliphatic carbocycles. The highest BCUT2D eigenvalue weighted by molar-refractivity contribution is 6.31. The van der Waals surface area contributed by atoms with Crippen LogP contribution in [0.15, 0.2) is 36.5 Å². The fourth-order valence-corrected chi connectivity index (χ4v) is 1.87. The number of pyridine rings is 1. The third kappa shape index (κ3) is 2.74. The Morgan fingerprint density at radius 1 is 1.39 bits per heavy atom. The molecule has 0 amide bonds. The number of carbonyl (C=O) groups is 1. The van der Waals surface area contributed by atoms with E-state index in [-0.39, 0.29) is 22.8 Å². The maximum absolute atomic E-state index is 13.5. The predicted octanol–water partition coefficient (Wildman–Crippen LogP) is 3.61. The highest BCUT2D eigenvalue weighted by Gasteiger charge is 2.14. The number of carbonyl (C=O) groups excluding carboxylic acids is 1. The first-order valence-electron chi connectivity index (χ1n) is 5.46. The van der Waals surface area contributed by atoms with E-state index in [1.807, 2.05) is 6.92 Å². The molecule has 1 heterocycles. The summed E-state index contributed by atoms with van der Waals surface area (Å²) in [5.41, 5.74) is 1.48. The SMILES string of the molecule is Cc1ccnc(C(=O)Cc2c(F)cccc2Cl)c1. The van der Waals surface area contributed by atoms with Gasteiger partial charge in [-0.1, -0.05) is 17.7 Å². The Morgan fingerprint density at radius 2 is 2.17 bits per heavy atom. The minimum Gasteiger partial charge on any atom is -0.292 e. The highest BCUT2D eigenvalue weighted by atomic mass is 35.5. The van der Waals surface area contributed by atoms with Gasteiger partial charge in [-0.25, -0.2) is 4.39 Å². The second-order valence-electron chi connectivity index (χ2n) is 4.02. The smallest absolute Gasteiger partial charge is 0.185 e. The number of nitrogens with zero attached hydrogens (tertiary/aromatic N) is 1. The molecule has 0 saturated carbocycles. The molecule has 1 aromatic heterocycles. The van der Waals surface area contributed by atoms with Gasteiger partial charge in [-0.15, -0.1) is 0 Å². The number of halogens is 2. The summed E-state index contributed by atoms with van der Waals surface area (Å²) in [5.74, 6) is -0.714. The van der Waals surface area contributed by atoms with Gasteiger partial charge in [0.1, 0.15) is 11.5 Å². The summed E-state index contributed by atoms with van der Waals surface area (Å²) in [4.78, 5) is 16.0. The second-order valence-corrected chi connectivity index (χ2v) is 4.43. The van der Waals surface area contributed by atoms with Gasteiger partial charge in [-0.2, -0.15) is 0 Å². The van der Waals surface area contributed by atoms with Gasteiger partial charge in [0, 0.05) is 23.2 Å². The van der Waals surface area contributed by atoms with Gasteiger partial charge in [-0.3, -0.25) is 9.78 Å². The highest BCUT2D eigenvalue weighted by Crippen LogP contribution is 2.20. The van der Waals surface area contributed by atoms with Gasteiger partial charge < -0.3 is 0 Å². The lowest BCUT2D eigenvalue weighted by Gasteiger charge is -2.05. The van der Waals surface area contributed by atoms with Crippen LogP contribution in [0.4, 0.5) is 4.39 Å². The fourth-order valence-electron chi connectivity index (χ4n) is 1.64. The van der Waals surface area contributed by atoms with Crippen molar-refractivity contribution in [3.8, 4) is 0 Å². The van der Waals surface area contributed by atoms with Crippen LogP contribution in [0.1, 0.15) is 21.6 Å². The first-order valence-corrected chi connectivity index (χ1v) is 5.84. The first-order chi connectivity index (χ1) is 8.58. The maximum atomic E-state index is 13.5. The molecule has 92 valence electrons. The minimum atomic E-state index is -0.469. The molecule has 0 radical (unpaired) electrons. The van der Waals surface area contributed by atoms with Crippen LogP contribution in [0, 0.1) is 12.7 Å². The monoisotopic (exact) mass is 263 g/mol.